The lowest BCUT2D eigenvalue weighted by atomic mass is 10.0. The minimum atomic E-state index is -0.373. The highest BCUT2D eigenvalue weighted by Gasteiger charge is 2.19. The first kappa shape index (κ1) is 14.9. The van der Waals surface area contributed by atoms with Gasteiger partial charge in [-0.2, -0.15) is 5.10 Å². The molecule has 0 radical (unpaired) electrons. The molecular weight excluding hydrogens is 279 g/mol. The van der Waals surface area contributed by atoms with Crippen molar-refractivity contribution in [2.45, 2.75) is 32.9 Å². The molecule has 0 amide bonds. The minimum Gasteiger partial charge on any atom is -0.310 e. The molecule has 1 unspecified atom stereocenters. The Hall–Kier alpha value is -1.46. The van der Waals surface area contributed by atoms with Crippen molar-refractivity contribution in [3.8, 4) is 0 Å². The number of aryl methyl sites for hydroxylation is 1. The van der Waals surface area contributed by atoms with Crippen LogP contribution in [0.1, 0.15) is 31.3 Å². The van der Waals surface area contributed by atoms with Gasteiger partial charge < -0.3 is 5.32 Å². The summed E-state index contributed by atoms with van der Waals surface area (Å²) in [7, 11) is 0. The zero-order chi connectivity index (χ0) is 14.5. The number of likely N-dealkylation sites (N-methyl/N-ethyl adjacent to an activating group) is 1. The van der Waals surface area contributed by atoms with Crippen molar-refractivity contribution in [1.82, 2.24) is 20.1 Å². The standard InChI is InChI=1S/C14H18ClFN4/c1-3-17-12(8-13-18-9-19-20(13)4-2)10-6-5-7-11(15)14(10)16/h5-7,9,12,17H,3-4,8H2,1-2H3. The number of rotatable bonds is 6. The van der Waals surface area contributed by atoms with E-state index < -0.39 is 0 Å². The molecule has 6 heteroatoms. The minimum absolute atomic E-state index is 0.141. The summed E-state index contributed by atoms with van der Waals surface area (Å²) in [6, 6.07) is 4.89. The molecule has 2 rings (SSSR count). The van der Waals surface area contributed by atoms with Crippen LogP contribution in [-0.4, -0.2) is 21.3 Å². The molecular formula is C14H18ClFN4. The molecule has 0 spiro atoms. The zero-order valence-corrected chi connectivity index (χ0v) is 12.4. The number of nitrogens with one attached hydrogen (secondary N) is 1. The fourth-order valence-corrected chi connectivity index (χ4v) is 2.40. The molecule has 1 heterocycles. The van der Waals surface area contributed by atoms with Gasteiger partial charge in [-0.25, -0.2) is 9.37 Å². The average molecular weight is 297 g/mol. The van der Waals surface area contributed by atoms with Crippen molar-refractivity contribution in [1.29, 1.82) is 0 Å². The Morgan fingerprint density at radius 2 is 2.20 bits per heavy atom. The lowest BCUT2D eigenvalue weighted by molar-refractivity contribution is 0.485. The molecule has 0 saturated carbocycles. The quantitative estimate of drug-likeness (QED) is 0.891. The molecule has 0 aliphatic heterocycles. The van der Waals surface area contributed by atoms with Crippen molar-refractivity contribution < 1.29 is 4.39 Å². The molecule has 1 aromatic carbocycles. The van der Waals surface area contributed by atoms with Gasteiger partial charge in [0.1, 0.15) is 18.0 Å². The molecule has 108 valence electrons. The molecule has 20 heavy (non-hydrogen) atoms. The van der Waals surface area contributed by atoms with E-state index in [4.69, 9.17) is 11.6 Å². The maximum Gasteiger partial charge on any atom is 0.146 e. The van der Waals surface area contributed by atoms with Gasteiger partial charge in [-0.1, -0.05) is 30.7 Å². The SMILES string of the molecule is CCNC(Cc1ncnn1CC)c1cccc(Cl)c1F. The van der Waals surface area contributed by atoms with Gasteiger partial charge in [0.2, 0.25) is 0 Å². The maximum absolute atomic E-state index is 14.2. The third kappa shape index (κ3) is 3.16. The van der Waals surface area contributed by atoms with Crippen molar-refractivity contribution in [3.63, 3.8) is 0 Å². The van der Waals surface area contributed by atoms with Crippen molar-refractivity contribution in [2.75, 3.05) is 6.54 Å². The first-order chi connectivity index (χ1) is 9.67. The predicted molar refractivity (Wildman–Crippen MR) is 77.2 cm³/mol. The fourth-order valence-electron chi connectivity index (χ4n) is 2.22. The second-order valence-corrected chi connectivity index (χ2v) is 4.86. The number of benzene rings is 1. The highest BCUT2D eigenvalue weighted by molar-refractivity contribution is 6.30. The van der Waals surface area contributed by atoms with E-state index in [1.54, 1.807) is 18.2 Å². The van der Waals surface area contributed by atoms with Crippen LogP contribution in [0.5, 0.6) is 0 Å². The van der Waals surface area contributed by atoms with E-state index in [2.05, 4.69) is 15.4 Å². The van der Waals surface area contributed by atoms with Crippen LogP contribution in [0.4, 0.5) is 4.39 Å². The van der Waals surface area contributed by atoms with Gasteiger partial charge in [-0.3, -0.25) is 4.68 Å². The number of aromatic nitrogens is 3. The summed E-state index contributed by atoms with van der Waals surface area (Å²) in [5.41, 5.74) is 0.560. The van der Waals surface area contributed by atoms with Crippen LogP contribution in [-0.2, 0) is 13.0 Å². The number of nitrogens with zero attached hydrogens (tertiary/aromatic N) is 3. The maximum atomic E-state index is 14.2. The van der Waals surface area contributed by atoms with Gasteiger partial charge in [0.25, 0.3) is 0 Å². The molecule has 1 N–H and O–H groups in total. The highest BCUT2D eigenvalue weighted by atomic mass is 35.5. The molecule has 4 nitrogen and oxygen atoms in total. The zero-order valence-electron chi connectivity index (χ0n) is 11.6. The smallest absolute Gasteiger partial charge is 0.146 e. The molecule has 0 aliphatic rings. The molecule has 2 aromatic rings. The van der Waals surface area contributed by atoms with Gasteiger partial charge in [0.05, 0.1) is 5.02 Å². The fraction of sp³-hybridized carbons (Fsp3) is 0.429. The van der Waals surface area contributed by atoms with E-state index in [1.807, 2.05) is 18.5 Å². The molecule has 0 bridgehead atoms. The summed E-state index contributed by atoms with van der Waals surface area (Å²) >= 11 is 5.86. The number of hydrogen-bond donors (Lipinski definition) is 1. The molecule has 0 aliphatic carbocycles. The summed E-state index contributed by atoms with van der Waals surface area (Å²) < 4.78 is 16.0. The number of hydrogen-bond acceptors (Lipinski definition) is 3. The second kappa shape index (κ2) is 6.81. The summed E-state index contributed by atoms with van der Waals surface area (Å²) in [6.45, 7) is 5.46. The van der Waals surface area contributed by atoms with E-state index in [0.717, 1.165) is 18.9 Å². The highest BCUT2D eigenvalue weighted by Crippen LogP contribution is 2.25. The Morgan fingerprint density at radius 3 is 2.90 bits per heavy atom. The van der Waals surface area contributed by atoms with Gasteiger partial charge in [0.15, 0.2) is 0 Å². The Bertz CT molecular complexity index is 570. The third-order valence-corrected chi connectivity index (χ3v) is 3.48. The largest absolute Gasteiger partial charge is 0.310 e. The molecule has 1 atom stereocenters. The Labute approximate surface area is 123 Å². The molecule has 1 aromatic heterocycles. The summed E-state index contributed by atoms with van der Waals surface area (Å²) in [4.78, 5) is 4.24. The summed E-state index contributed by atoms with van der Waals surface area (Å²) in [5.74, 6) is 0.459. The van der Waals surface area contributed by atoms with Crippen LogP contribution in [0.15, 0.2) is 24.5 Å². The lowest BCUT2D eigenvalue weighted by Gasteiger charge is -2.19. The first-order valence-corrected chi connectivity index (χ1v) is 7.09. The monoisotopic (exact) mass is 296 g/mol. The first-order valence-electron chi connectivity index (χ1n) is 6.71. The lowest BCUT2D eigenvalue weighted by Crippen LogP contribution is -2.25. The third-order valence-electron chi connectivity index (χ3n) is 3.19. The predicted octanol–water partition coefficient (Wildman–Crippen LogP) is 2.98. The van der Waals surface area contributed by atoms with Crippen LogP contribution in [0.2, 0.25) is 5.02 Å². The summed E-state index contributed by atoms with van der Waals surface area (Å²) in [6.07, 6.45) is 2.09. The van der Waals surface area contributed by atoms with Crippen molar-refractivity contribution >= 4 is 11.6 Å². The van der Waals surface area contributed by atoms with Crippen molar-refractivity contribution in [2.24, 2.45) is 0 Å². The second-order valence-electron chi connectivity index (χ2n) is 4.45. The van der Waals surface area contributed by atoms with E-state index in [0.29, 0.717) is 12.0 Å². The molecule has 0 fully saturated rings. The van der Waals surface area contributed by atoms with Gasteiger partial charge >= 0.3 is 0 Å². The van der Waals surface area contributed by atoms with Crippen LogP contribution >= 0.6 is 11.6 Å². The van der Waals surface area contributed by atoms with Gasteiger partial charge in [0, 0.05) is 24.6 Å². The van der Waals surface area contributed by atoms with E-state index >= 15 is 0 Å². The van der Waals surface area contributed by atoms with Crippen LogP contribution in [0.3, 0.4) is 0 Å². The summed E-state index contributed by atoms with van der Waals surface area (Å²) in [5, 5.41) is 7.56. The average Bonchev–Trinajstić information content (AvgIpc) is 2.89. The Balaban J connectivity index is 2.29. The van der Waals surface area contributed by atoms with E-state index in [-0.39, 0.29) is 16.9 Å². The van der Waals surface area contributed by atoms with E-state index in [9.17, 15) is 4.39 Å². The Kier molecular flexibility index (Phi) is 5.09. The number of halogens is 2. The van der Waals surface area contributed by atoms with Gasteiger partial charge in [-0.15, -0.1) is 0 Å². The van der Waals surface area contributed by atoms with Crippen LogP contribution in [0.25, 0.3) is 0 Å². The van der Waals surface area contributed by atoms with Gasteiger partial charge in [-0.05, 0) is 19.5 Å². The topological polar surface area (TPSA) is 42.7 Å². The molecule has 0 saturated heterocycles. The normalized spacial score (nSPS) is 12.6. The van der Waals surface area contributed by atoms with Crippen LogP contribution in [0, 0.1) is 5.82 Å². The van der Waals surface area contributed by atoms with Crippen molar-refractivity contribution in [3.05, 3.63) is 46.8 Å². The Morgan fingerprint density at radius 1 is 1.40 bits per heavy atom. The van der Waals surface area contributed by atoms with Crippen LogP contribution < -0.4 is 5.32 Å². The van der Waals surface area contributed by atoms with E-state index in [1.165, 1.54) is 6.33 Å².